The number of ether oxygens (including phenoxy) is 1. The summed E-state index contributed by atoms with van der Waals surface area (Å²) in [5, 5.41) is 3.82. The van der Waals surface area contributed by atoms with E-state index in [1.807, 2.05) is 67.6 Å². The number of carbonyl (C=O) groups excluding carboxylic acids is 1. The van der Waals surface area contributed by atoms with E-state index in [4.69, 9.17) is 4.74 Å². The minimum absolute atomic E-state index is 0.114. The Bertz CT molecular complexity index is 916. The molecule has 1 amide bonds. The fourth-order valence-corrected chi connectivity index (χ4v) is 3.59. The molecule has 0 bridgehead atoms. The Hall–Kier alpha value is -2.31. The van der Waals surface area contributed by atoms with Crippen molar-refractivity contribution in [1.29, 1.82) is 0 Å². The highest BCUT2D eigenvalue weighted by atomic mass is 79.9. The van der Waals surface area contributed by atoms with Gasteiger partial charge in [0.05, 0.1) is 12.2 Å². The number of nitrogens with zero attached hydrogens (tertiary/aromatic N) is 1. The Kier molecular flexibility index (Phi) is 6.90. The van der Waals surface area contributed by atoms with Crippen molar-refractivity contribution in [2.24, 2.45) is 0 Å². The molecular weight excluding hydrogens is 424 g/mol. The summed E-state index contributed by atoms with van der Waals surface area (Å²) in [5.41, 5.74) is 1.63. The van der Waals surface area contributed by atoms with Crippen LogP contribution in [0.4, 0.5) is 0 Å². The van der Waals surface area contributed by atoms with Crippen LogP contribution in [0, 0.1) is 0 Å². The van der Waals surface area contributed by atoms with E-state index in [1.54, 1.807) is 6.20 Å². The average molecular weight is 443 g/mol. The molecule has 0 saturated heterocycles. The normalized spacial score (nSPS) is 10.4. The third-order valence-electron chi connectivity index (χ3n) is 3.71. The molecule has 0 spiro atoms. The van der Waals surface area contributed by atoms with Gasteiger partial charge in [0.1, 0.15) is 10.8 Å². The lowest BCUT2D eigenvalue weighted by Crippen LogP contribution is -2.23. The molecule has 27 heavy (non-hydrogen) atoms. The summed E-state index contributed by atoms with van der Waals surface area (Å²) in [6.45, 7) is 3.00. The lowest BCUT2D eigenvalue weighted by atomic mass is 10.2. The summed E-state index contributed by atoms with van der Waals surface area (Å²) in [4.78, 5) is 17.9. The SMILES string of the molecule is CCOc1cccc(CNC(=O)c2ccccc2Sc2ccc(Br)cn2)c1. The van der Waals surface area contributed by atoms with Crippen LogP contribution in [0.25, 0.3) is 0 Å². The van der Waals surface area contributed by atoms with Gasteiger partial charge in [-0.15, -0.1) is 0 Å². The molecule has 0 aliphatic carbocycles. The van der Waals surface area contributed by atoms with Gasteiger partial charge in [-0.05, 0) is 64.8 Å². The molecule has 0 aliphatic heterocycles. The number of aromatic nitrogens is 1. The number of rotatable bonds is 7. The molecular formula is C21H19BrN2O2S. The largest absolute Gasteiger partial charge is 0.494 e. The standard InChI is InChI=1S/C21H19BrN2O2S/c1-2-26-17-7-5-6-15(12-17)13-24-21(25)18-8-3-4-9-19(18)27-20-11-10-16(22)14-23-20/h3-12,14H,2,13H2,1H3,(H,24,25). The van der Waals surface area contributed by atoms with Crippen LogP contribution in [0.1, 0.15) is 22.8 Å². The van der Waals surface area contributed by atoms with E-state index in [9.17, 15) is 4.79 Å². The van der Waals surface area contributed by atoms with E-state index >= 15 is 0 Å². The Labute approximate surface area is 171 Å². The molecule has 0 radical (unpaired) electrons. The molecule has 1 aromatic heterocycles. The van der Waals surface area contributed by atoms with Crippen molar-refractivity contribution in [3.63, 3.8) is 0 Å². The first-order valence-corrected chi connectivity index (χ1v) is 10.1. The van der Waals surface area contributed by atoms with Gasteiger partial charge in [0, 0.05) is 22.1 Å². The van der Waals surface area contributed by atoms with Crippen LogP contribution in [0.3, 0.4) is 0 Å². The predicted octanol–water partition coefficient (Wildman–Crippen LogP) is 5.32. The third kappa shape index (κ3) is 5.58. The van der Waals surface area contributed by atoms with Gasteiger partial charge in [-0.2, -0.15) is 0 Å². The first-order chi connectivity index (χ1) is 13.2. The molecule has 6 heteroatoms. The zero-order valence-corrected chi connectivity index (χ0v) is 17.2. The van der Waals surface area contributed by atoms with Crippen molar-refractivity contribution in [3.05, 3.63) is 82.5 Å². The van der Waals surface area contributed by atoms with Crippen LogP contribution in [-0.4, -0.2) is 17.5 Å². The average Bonchev–Trinajstić information content (AvgIpc) is 2.69. The van der Waals surface area contributed by atoms with Gasteiger partial charge in [-0.25, -0.2) is 4.98 Å². The van der Waals surface area contributed by atoms with Gasteiger partial charge >= 0.3 is 0 Å². The summed E-state index contributed by atoms with van der Waals surface area (Å²) in [5.74, 6) is 0.693. The minimum atomic E-state index is -0.114. The molecule has 0 atom stereocenters. The van der Waals surface area contributed by atoms with Crippen LogP contribution in [0.5, 0.6) is 5.75 Å². The Morgan fingerprint density at radius 2 is 2.00 bits per heavy atom. The molecule has 4 nitrogen and oxygen atoms in total. The number of benzene rings is 2. The van der Waals surface area contributed by atoms with Crippen molar-refractivity contribution in [2.45, 2.75) is 23.4 Å². The van der Waals surface area contributed by atoms with Gasteiger partial charge in [0.15, 0.2) is 0 Å². The van der Waals surface area contributed by atoms with Crippen molar-refractivity contribution >= 4 is 33.6 Å². The molecule has 0 saturated carbocycles. The highest BCUT2D eigenvalue weighted by Crippen LogP contribution is 2.29. The van der Waals surface area contributed by atoms with E-state index < -0.39 is 0 Å². The lowest BCUT2D eigenvalue weighted by Gasteiger charge is -2.11. The number of nitrogens with one attached hydrogen (secondary N) is 1. The Morgan fingerprint density at radius 3 is 2.78 bits per heavy atom. The maximum atomic E-state index is 12.7. The van der Waals surface area contributed by atoms with Gasteiger partial charge in [-0.3, -0.25) is 4.79 Å². The van der Waals surface area contributed by atoms with E-state index in [0.29, 0.717) is 18.7 Å². The van der Waals surface area contributed by atoms with Crippen LogP contribution < -0.4 is 10.1 Å². The molecule has 3 aromatic rings. The summed E-state index contributed by atoms with van der Waals surface area (Å²) < 4.78 is 6.43. The number of halogens is 1. The maximum Gasteiger partial charge on any atom is 0.252 e. The van der Waals surface area contributed by atoms with Gasteiger partial charge < -0.3 is 10.1 Å². The molecule has 0 fully saturated rings. The summed E-state index contributed by atoms with van der Waals surface area (Å²) in [7, 11) is 0. The Morgan fingerprint density at radius 1 is 1.15 bits per heavy atom. The van der Waals surface area contributed by atoms with Crippen molar-refractivity contribution < 1.29 is 9.53 Å². The third-order valence-corrected chi connectivity index (χ3v) is 5.20. The quantitative estimate of drug-likeness (QED) is 0.537. The zero-order valence-electron chi connectivity index (χ0n) is 14.8. The second-order valence-corrected chi connectivity index (χ2v) is 7.65. The number of carbonyl (C=O) groups is 1. The number of amides is 1. The zero-order chi connectivity index (χ0) is 19.1. The van der Waals surface area contributed by atoms with Crippen molar-refractivity contribution in [2.75, 3.05) is 6.61 Å². The van der Waals surface area contributed by atoms with Crippen LogP contribution in [-0.2, 0) is 6.54 Å². The molecule has 3 rings (SSSR count). The highest BCUT2D eigenvalue weighted by Gasteiger charge is 2.12. The molecule has 1 N–H and O–H groups in total. The fourth-order valence-electron chi connectivity index (χ4n) is 2.47. The molecule has 1 heterocycles. The Balaban J connectivity index is 1.69. The second-order valence-electron chi connectivity index (χ2n) is 5.68. The summed E-state index contributed by atoms with van der Waals surface area (Å²) in [6.07, 6.45) is 1.75. The molecule has 2 aromatic carbocycles. The highest BCUT2D eigenvalue weighted by molar-refractivity contribution is 9.10. The van der Waals surface area contributed by atoms with E-state index in [-0.39, 0.29) is 5.91 Å². The van der Waals surface area contributed by atoms with Crippen LogP contribution in [0.15, 0.2) is 81.3 Å². The number of pyridine rings is 1. The summed E-state index contributed by atoms with van der Waals surface area (Å²) in [6, 6.07) is 19.1. The number of hydrogen-bond donors (Lipinski definition) is 1. The van der Waals surface area contributed by atoms with E-state index in [1.165, 1.54) is 11.8 Å². The maximum absolute atomic E-state index is 12.7. The first kappa shape index (κ1) is 19.5. The van der Waals surface area contributed by atoms with Crippen LogP contribution >= 0.6 is 27.7 Å². The lowest BCUT2D eigenvalue weighted by molar-refractivity contribution is 0.0948. The van der Waals surface area contributed by atoms with E-state index in [0.717, 1.165) is 25.7 Å². The second kappa shape index (κ2) is 9.58. The van der Waals surface area contributed by atoms with Crippen molar-refractivity contribution in [1.82, 2.24) is 10.3 Å². The van der Waals surface area contributed by atoms with Gasteiger partial charge in [0.25, 0.3) is 5.91 Å². The summed E-state index contributed by atoms with van der Waals surface area (Å²) >= 11 is 4.85. The smallest absolute Gasteiger partial charge is 0.252 e. The minimum Gasteiger partial charge on any atom is -0.494 e. The van der Waals surface area contributed by atoms with Crippen molar-refractivity contribution in [3.8, 4) is 5.75 Å². The van der Waals surface area contributed by atoms with Crippen LogP contribution in [0.2, 0.25) is 0 Å². The van der Waals surface area contributed by atoms with Gasteiger partial charge in [-0.1, -0.05) is 36.0 Å². The monoisotopic (exact) mass is 442 g/mol. The molecule has 138 valence electrons. The topological polar surface area (TPSA) is 51.2 Å². The molecule has 0 unspecified atom stereocenters. The predicted molar refractivity (Wildman–Crippen MR) is 111 cm³/mol. The first-order valence-electron chi connectivity index (χ1n) is 8.54. The fraction of sp³-hybridized carbons (Fsp3) is 0.143. The van der Waals surface area contributed by atoms with Gasteiger partial charge in [0.2, 0.25) is 0 Å². The number of hydrogen-bond acceptors (Lipinski definition) is 4. The molecule has 0 aliphatic rings. The van der Waals surface area contributed by atoms with E-state index in [2.05, 4.69) is 26.2 Å².